The monoisotopic (exact) mass is 266 g/mol. The van der Waals surface area contributed by atoms with E-state index in [1.54, 1.807) is 0 Å². The molecule has 1 heterocycles. The molecule has 0 unspecified atom stereocenters. The molecular formula is C17H34N2. The zero-order chi connectivity index (χ0) is 13.6. The highest BCUT2D eigenvalue weighted by Gasteiger charge is 2.34. The van der Waals surface area contributed by atoms with Crippen molar-refractivity contribution in [2.45, 2.75) is 77.7 Å². The van der Waals surface area contributed by atoms with Crippen molar-refractivity contribution in [1.29, 1.82) is 0 Å². The molecule has 1 N–H and O–H groups in total. The molecule has 1 saturated heterocycles. The summed E-state index contributed by atoms with van der Waals surface area (Å²) in [7, 11) is 0. The molecule has 0 bridgehead atoms. The third-order valence-corrected chi connectivity index (χ3v) is 5.71. The van der Waals surface area contributed by atoms with Crippen LogP contribution in [0.5, 0.6) is 0 Å². The Kier molecular flexibility index (Phi) is 6.15. The van der Waals surface area contributed by atoms with Crippen LogP contribution >= 0.6 is 0 Å². The summed E-state index contributed by atoms with van der Waals surface area (Å²) in [6.45, 7) is 9.97. The Morgan fingerprint density at radius 2 is 1.84 bits per heavy atom. The van der Waals surface area contributed by atoms with E-state index < -0.39 is 0 Å². The Bertz CT molecular complexity index is 242. The number of rotatable bonds is 7. The Labute approximate surface area is 120 Å². The Balaban J connectivity index is 1.56. The minimum atomic E-state index is 0.650. The summed E-state index contributed by atoms with van der Waals surface area (Å²) in [5.41, 5.74) is 0.650. The maximum atomic E-state index is 3.77. The molecule has 0 spiro atoms. The quantitative estimate of drug-likeness (QED) is 0.705. The highest BCUT2D eigenvalue weighted by atomic mass is 15.2. The van der Waals surface area contributed by atoms with Crippen molar-refractivity contribution >= 4 is 0 Å². The van der Waals surface area contributed by atoms with E-state index in [1.165, 1.54) is 84.0 Å². The predicted molar refractivity (Wildman–Crippen MR) is 83.6 cm³/mol. The van der Waals surface area contributed by atoms with Gasteiger partial charge in [-0.2, -0.15) is 0 Å². The van der Waals surface area contributed by atoms with Crippen LogP contribution in [0.4, 0.5) is 0 Å². The van der Waals surface area contributed by atoms with Gasteiger partial charge in [-0.25, -0.2) is 0 Å². The van der Waals surface area contributed by atoms with Crippen molar-refractivity contribution in [3.8, 4) is 0 Å². The summed E-state index contributed by atoms with van der Waals surface area (Å²) in [5.74, 6) is 0. The predicted octanol–water partition coefficient (Wildman–Crippen LogP) is 3.81. The standard InChI is InChI=1S/C17H34N2/c1-3-17(4-2)11-14-19(15-17)13-8-12-18-16-9-6-5-7-10-16/h16,18H,3-15H2,1-2H3. The van der Waals surface area contributed by atoms with Crippen LogP contribution in [-0.2, 0) is 0 Å². The van der Waals surface area contributed by atoms with Gasteiger partial charge in [0.1, 0.15) is 0 Å². The molecule has 19 heavy (non-hydrogen) atoms. The smallest absolute Gasteiger partial charge is 0.00670 e. The Morgan fingerprint density at radius 3 is 2.47 bits per heavy atom. The lowest BCUT2D eigenvalue weighted by molar-refractivity contribution is 0.237. The van der Waals surface area contributed by atoms with Gasteiger partial charge in [-0.05, 0) is 63.6 Å². The molecule has 2 fully saturated rings. The van der Waals surface area contributed by atoms with E-state index in [1.807, 2.05) is 0 Å². The highest BCUT2D eigenvalue weighted by Crippen LogP contribution is 2.36. The molecule has 0 aromatic rings. The molecule has 2 nitrogen and oxygen atoms in total. The van der Waals surface area contributed by atoms with Gasteiger partial charge in [0.15, 0.2) is 0 Å². The molecule has 0 radical (unpaired) electrons. The van der Waals surface area contributed by atoms with Gasteiger partial charge in [0.05, 0.1) is 0 Å². The average molecular weight is 266 g/mol. The summed E-state index contributed by atoms with van der Waals surface area (Å²) in [5, 5.41) is 3.77. The number of likely N-dealkylation sites (tertiary alicyclic amines) is 1. The minimum absolute atomic E-state index is 0.650. The first-order valence-corrected chi connectivity index (χ1v) is 8.74. The molecule has 0 aromatic heterocycles. The molecule has 0 aromatic carbocycles. The summed E-state index contributed by atoms with van der Waals surface area (Å²) in [6.07, 6.45) is 12.7. The summed E-state index contributed by atoms with van der Waals surface area (Å²) < 4.78 is 0. The zero-order valence-corrected chi connectivity index (χ0v) is 13.2. The second kappa shape index (κ2) is 7.64. The third-order valence-electron chi connectivity index (χ3n) is 5.71. The zero-order valence-electron chi connectivity index (χ0n) is 13.2. The lowest BCUT2D eigenvalue weighted by Crippen LogP contribution is -2.34. The fourth-order valence-electron chi connectivity index (χ4n) is 3.96. The third kappa shape index (κ3) is 4.46. The van der Waals surface area contributed by atoms with Crippen LogP contribution in [0.1, 0.15) is 71.6 Å². The van der Waals surface area contributed by atoms with Gasteiger partial charge in [0.25, 0.3) is 0 Å². The Morgan fingerprint density at radius 1 is 1.11 bits per heavy atom. The van der Waals surface area contributed by atoms with Crippen LogP contribution < -0.4 is 5.32 Å². The van der Waals surface area contributed by atoms with Crippen LogP contribution in [-0.4, -0.2) is 37.1 Å². The molecule has 2 aliphatic rings. The largest absolute Gasteiger partial charge is 0.314 e. The van der Waals surface area contributed by atoms with E-state index in [4.69, 9.17) is 0 Å². The Hall–Kier alpha value is -0.0800. The van der Waals surface area contributed by atoms with Gasteiger partial charge >= 0.3 is 0 Å². The van der Waals surface area contributed by atoms with E-state index in [-0.39, 0.29) is 0 Å². The van der Waals surface area contributed by atoms with Crippen molar-refractivity contribution in [2.75, 3.05) is 26.2 Å². The van der Waals surface area contributed by atoms with E-state index in [0.29, 0.717) is 5.41 Å². The first kappa shape index (κ1) is 15.3. The van der Waals surface area contributed by atoms with Gasteiger partial charge in [-0.15, -0.1) is 0 Å². The number of nitrogens with one attached hydrogen (secondary N) is 1. The van der Waals surface area contributed by atoms with Crippen molar-refractivity contribution in [2.24, 2.45) is 5.41 Å². The van der Waals surface area contributed by atoms with E-state index in [2.05, 4.69) is 24.1 Å². The first-order valence-electron chi connectivity index (χ1n) is 8.74. The van der Waals surface area contributed by atoms with E-state index in [0.717, 1.165) is 6.04 Å². The van der Waals surface area contributed by atoms with Crippen molar-refractivity contribution in [3.63, 3.8) is 0 Å². The van der Waals surface area contributed by atoms with E-state index in [9.17, 15) is 0 Å². The molecule has 2 heteroatoms. The second-order valence-electron chi connectivity index (χ2n) is 6.88. The number of hydrogen-bond acceptors (Lipinski definition) is 2. The topological polar surface area (TPSA) is 15.3 Å². The fraction of sp³-hybridized carbons (Fsp3) is 1.00. The fourth-order valence-corrected chi connectivity index (χ4v) is 3.96. The second-order valence-corrected chi connectivity index (χ2v) is 6.88. The average Bonchev–Trinajstić information content (AvgIpc) is 2.89. The van der Waals surface area contributed by atoms with Crippen LogP contribution in [0.25, 0.3) is 0 Å². The van der Waals surface area contributed by atoms with Crippen molar-refractivity contribution < 1.29 is 0 Å². The lowest BCUT2D eigenvalue weighted by Gasteiger charge is -2.27. The first-order chi connectivity index (χ1) is 9.28. The van der Waals surface area contributed by atoms with Crippen LogP contribution in [0.15, 0.2) is 0 Å². The summed E-state index contributed by atoms with van der Waals surface area (Å²) in [4.78, 5) is 2.70. The van der Waals surface area contributed by atoms with Crippen LogP contribution in [0.2, 0.25) is 0 Å². The van der Waals surface area contributed by atoms with Gasteiger partial charge in [-0.1, -0.05) is 33.1 Å². The molecule has 112 valence electrons. The van der Waals surface area contributed by atoms with Crippen LogP contribution in [0.3, 0.4) is 0 Å². The molecule has 1 aliphatic carbocycles. The van der Waals surface area contributed by atoms with Gasteiger partial charge in [0.2, 0.25) is 0 Å². The molecule has 0 atom stereocenters. The molecular weight excluding hydrogens is 232 g/mol. The maximum absolute atomic E-state index is 3.77. The minimum Gasteiger partial charge on any atom is -0.314 e. The van der Waals surface area contributed by atoms with Gasteiger partial charge < -0.3 is 10.2 Å². The number of nitrogens with zero attached hydrogens (tertiary/aromatic N) is 1. The molecule has 2 rings (SSSR count). The van der Waals surface area contributed by atoms with Crippen LogP contribution in [0, 0.1) is 5.41 Å². The summed E-state index contributed by atoms with van der Waals surface area (Å²) >= 11 is 0. The molecule has 1 aliphatic heterocycles. The molecule has 0 amide bonds. The number of hydrogen-bond donors (Lipinski definition) is 1. The normalized spacial score (nSPS) is 24.9. The highest BCUT2D eigenvalue weighted by molar-refractivity contribution is 4.87. The maximum Gasteiger partial charge on any atom is 0.00670 e. The van der Waals surface area contributed by atoms with Crippen molar-refractivity contribution in [1.82, 2.24) is 10.2 Å². The summed E-state index contributed by atoms with van der Waals surface area (Å²) in [6, 6.07) is 0.831. The van der Waals surface area contributed by atoms with Gasteiger partial charge in [0, 0.05) is 12.6 Å². The van der Waals surface area contributed by atoms with Crippen molar-refractivity contribution in [3.05, 3.63) is 0 Å². The van der Waals surface area contributed by atoms with Gasteiger partial charge in [-0.3, -0.25) is 0 Å². The lowest BCUT2D eigenvalue weighted by atomic mass is 9.82. The SMILES string of the molecule is CCC1(CC)CCN(CCCNC2CCCCC2)C1. The molecule has 1 saturated carbocycles. The van der Waals surface area contributed by atoms with E-state index >= 15 is 0 Å².